The highest BCUT2D eigenvalue weighted by molar-refractivity contribution is 6.00. The van der Waals surface area contributed by atoms with Crippen LogP contribution in [0.25, 0.3) is 11.1 Å². The number of anilines is 3. The zero-order valence-electron chi connectivity index (χ0n) is 17.0. The number of halogens is 1. The van der Waals surface area contributed by atoms with E-state index in [2.05, 4.69) is 20.8 Å². The van der Waals surface area contributed by atoms with E-state index in [1.165, 1.54) is 13.2 Å². The van der Waals surface area contributed by atoms with Crippen molar-refractivity contribution in [1.29, 1.82) is 0 Å². The van der Waals surface area contributed by atoms with Gasteiger partial charge in [-0.2, -0.15) is 0 Å². The largest absolute Gasteiger partial charge is 0.495 e. The average molecular weight is 413 g/mol. The lowest BCUT2D eigenvalue weighted by atomic mass is 9.86. The van der Waals surface area contributed by atoms with Gasteiger partial charge in [-0.05, 0) is 43.2 Å². The smallest absolute Gasteiger partial charge is 0.325 e. The van der Waals surface area contributed by atoms with Gasteiger partial charge in [0.1, 0.15) is 24.0 Å². The topological polar surface area (TPSA) is 115 Å². The van der Waals surface area contributed by atoms with Crippen LogP contribution < -0.4 is 21.1 Å². The number of carbonyl (C=O) groups excluding carboxylic acids is 1. The fourth-order valence-corrected chi connectivity index (χ4v) is 2.77. The van der Waals surface area contributed by atoms with Crippen LogP contribution in [0.3, 0.4) is 0 Å². The summed E-state index contributed by atoms with van der Waals surface area (Å²) >= 11 is 0. The molecule has 0 aliphatic heterocycles. The van der Waals surface area contributed by atoms with Crippen molar-refractivity contribution in [1.82, 2.24) is 10.1 Å². The summed E-state index contributed by atoms with van der Waals surface area (Å²) in [6.45, 7) is 3.01. The van der Waals surface area contributed by atoms with Crippen LogP contribution in [0.5, 0.6) is 5.75 Å². The van der Waals surface area contributed by atoms with Crippen LogP contribution in [0.1, 0.15) is 26.0 Å². The van der Waals surface area contributed by atoms with Crippen molar-refractivity contribution in [3.05, 3.63) is 48.4 Å². The van der Waals surface area contributed by atoms with Crippen LogP contribution in [0.4, 0.5) is 26.5 Å². The van der Waals surface area contributed by atoms with Crippen molar-refractivity contribution >= 4 is 23.4 Å². The molecule has 2 aromatic heterocycles. The molecule has 30 heavy (non-hydrogen) atoms. The number of amides is 2. The van der Waals surface area contributed by atoms with E-state index < -0.39 is 18.1 Å². The molecule has 4 N–H and O–H groups in total. The fourth-order valence-electron chi connectivity index (χ4n) is 2.77. The normalized spacial score (nSPS) is 12.8. The number of nitrogens with one attached hydrogen (secondary N) is 2. The minimum Gasteiger partial charge on any atom is -0.495 e. The first-order valence-electron chi connectivity index (χ1n) is 9.39. The first-order valence-corrected chi connectivity index (χ1v) is 9.39. The van der Waals surface area contributed by atoms with Gasteiger partial charge >= 0.3 is 6.03 Å². The van der Waals surface area contributed by atoms with Crippen molar-refractivity contribution in [3.8, 4) is 16.9 Å². The molecule has 0 aliphatic carbocycles. The van der Waals surface area contributed by atoms with Crippen LogP contribution in [0.15, 0.2) is 47.1 Å². The summed E-state index contributed by atoms with van der Waals surface area (Å²) in [5.41, 5.74) is 7.03. The zero-order chi connectivity index (χ0) is 21.7. The van der Waals surface area contributed by atoms with E-state index in [4.69, 9.17) is 15.0 Å². The van der Waals surface area contributed by atoms with Gasteiger partial charge in [-0.25, -0.2) is 9.78 Å². The number of nitrogen functional groups attached to an aromatic ring is 1. The molecule has 158 valence electrons. The van der Waals surface area contributed by atoms with Crippen LogP contribution in [0, 0.1) is 0 Å². The molecule has 0 spiro atoms. The van der Waals surface area contributed by atoms with Crippen molar-refractivity contribution in [2.45, 2.75) is 25.7 Å². The quantitative estimate of drug-likeness (QED) is 0.521. The molecule has 0 saturated carbocycles. The molecule has 1 atom stereocenters. The van der Waals surface area contributed by atoms with E-state index in [9.17, 15) is 9.18 Å². The third-order valence-corrected chi connectivity index (χ3v) is 4.99. The number of nitrogens with zero attached hydrogens (tertiary/aromatic N) is 2. The highest BCUT2D eigenvalue weighted by Gasteiger charge is 2.29. The van der Waals surface area contributed by atoms with Gasteiger partial charge in [-0.1, -0.05) is 18.1 Å². The van der Waals surface area contributed by atoms with Gasteiger partial charge in [-0.3, -0.25) is 9.71 Å². The van der Waals surface area contributed by atoms with E-state index in [1.54, 1.807) is 31.3 Å². The maximum Gasteiger partial charge on any atom is 0.325 e. The maximum absolute atomic E-state index is 13.3. The molecule has 3 aromatic rings. The minimum absolute atomic E-state index is 0.194. The third kappa shape index (κ3) is 4.51. The van der Waals surface area contributed by atoms with E-state index in [1.807, 2.05) is 19.1 Å². The Morgan fingerprint density at radius 3 is 2.63 bits per heavy atom. The summed E-state index contributed by atoms with van der Waals surface area (Å²) < 4.78 is 23.9. The summed E-state index contributed by atoms with van der Waals surface area (Å²) in [7, 11) is 1.51. The Morgan fingerprint density at radius 1 is 1.23 bits per heavy atom. The number of methoxy groups -OCH3 is 1. The first-order chi connectivity index (χ1) is 14.4. The second-order valence-corrected chi connectivity index (χ2v) is 7.09. The summed E-state index contributed by atoms with van der Waals surface area (Å²) in [6, 6.07) is 9.87. The monoisotopic (exact) mass is 413 g/mol. The number of rotatable bonds is 7. The van der Waals surface area contributed by atoms with Crippen molar-refractivity contribution in [2.75, 3.05) is 30.2 Å². The van der Waals surface area contributed by atoms with Crippen molar-refractivity contribution < 1.29 is 18.4 Å². The Hall–Kier alpha value is -3.62. The van der Waals surface area contributed by atoms with Gasteiger partial charge in [-0.15, -0.1) is 0 Å². The Labute approximate surface area is 173 Å². The first kappa shape index (κ1) is 21.1. The lowest BCUT2D eigenvalue weighted by Crippen LogP contribution is -2.22. The Bertz CT molecular complexity index is 1020. The fraction of sp³-hybridized carbons (Fsp3) is 0.286. The summed E-state index contributed by atoms with van der Waals surface area (Å²) in [4.78, 5) is 16.5. The lowest BCUT2D eigenvalue weighted by molar-refractivity contribution is 0.244. The zero-order valence-corrected chi connectivity index (χ0v) is 17.0. The molecule has 2 amide bonds. The molecule has 0 radical (unpaired) electrons. The number of urea groups is 1. The molecule has 0 aliphatic rings. The Morgan fingerprint density at radius 2 is 2.00 bits per heavy atom. The van der Waals surface area contributed by atoms with Crippen molar-refractivity contribution in [3.63, 3.8) is 0 Å². The summed E-state index contributed by atoms with van der Waals surface area (Å²) in [5.74, 6) is 1.47. The predicted molar refractivity (Wildman–Crippen MR) is 113 cm³/mol. The molecule has 1 unspecified atom stereocenters. The number of hydrogen-bond donors (Lipinski definition) is 3. The van der Waals surface area contributed by atoms with E-state index in [0.29, 0.717) is 29.4 Å². The van der Waals surface area contributed by atoms with Gasteiger partial charge in [0.25, 0.3) is 0 Å². The highest BCUT2D eigenvalue weighted by atomic mass is 19.1. The van der Waals surface area contributed by atoms with Gasteiger partial charge in [0.2, 0.25) is 0 Å². The molecule has 1 aromatic carbocycles. The molecule has 0 fully saturated rings. The number of pyridine rings is 1. The van der Waals surface area contributed by atoms with Gasteiger partial charge in [0.15, 0.2) is 5.82 Å². The predicted octanol–water partition coefficient (Wildman–Crippen LogP) is 4.61. The van der Waals surface area contributed by atoms with E-state index in [-0.39, 0.29) is 5.82 Å². The molecule has 9 heteroatoms. The molecule has 8 nitrogen and oxygen atoms in total. The molecular weight excluding hydrogens is 389 g/mol. The van der Waals surface area contributed by atoms with Crippen LogP contribution in [-0.2, 0) is 5.41 Å². The molecule has 3 rings (SSSR count). The van der Waals surface area contributed by atoms with Crippen molar-refractivity contribution in [2.24, 2.45) is 0 Å². The number of nitrogens with two attached hydrogens (primary N) is 1. The second kappa shape index (κ2) is 8.81. The maximum atomic E-state index is 13.3. The van der Waals surface area contributed by atoms with Crippen LogP contribution >= 0.6 is 0 Å². The molecule has 2 heterocycles. The highest BCUT2D eigenvalue weighted by Crippen LogP contribution is 2.32. The molecule has 0 saturated heterocycles. The molecule has 0 bridgehead atoms. The van der Waals surface area contributed by atoms with Gasteiger partial charge in [0, 0.05) is 17.8 Å². The lowest BCUT2D eigenvalue weighted by Gasteiger charge is -2.19. The third-order valence-electron chi connectivity index (χ3n) is 4.99. The number of aromatic nitrogens is 2. The number of benzene rings is 1. The number of carbonyl (C=O) groups is 1. The Kier molecular flexibility index (Phi) is 6.20. The number of hydrogen-bond acceptors (Lipinski definition) is 6. The SMILES string of the molecule is CCC(C)(CF)c1cc(NC(=O)Nc2ccc(-c3ccc(N)nc3)cc2OC)no1. The molecular formula is C21H24FN5O3. The summed E-state index contributed by atoms with van der Waals surface area (Å²) in [6.07, 6.45) is 2.20. The van der Waals surface area contributed by atoms with Crippen LogP contribution in [0.2, 0.25) is 0 Å². The Balaban J connectivity index is 1.72. The standard InChI is InChI=1S/C21H24FN5O3/c1-4-21(2,12-22)17-10-19(27-30-17)26-20(28)25-15-7-5-13(9-16(15)29-3)14-6-8-18(23)24-11-14/h5-11H,4,12H2,1-3H3,(H2,23,24)(H2,25,26,27,28). The number of ether oxygens (including phenoxy) is 1. The number of alkyl halides is 1. The second-order valence-electron chi connectivity index (χ2n) is 7.09. The van der Waals surface area contributed by atoms with Gasteiger partial charge < -0.3 is 20.3 Å². The minimum atomic E-state index is -0.778. The average Bonchev–Trinajstić information content (AvgIpc) is 3.23. The summed E-state index contributed by atoms with van der Waals surface area (Å²) in [5, 5.41) is 9.09. The van der Waals surface area contributed by atoms with E-state index in [0.717, 1.165) is 11.1 Å². The van der Waals surface area contributed by atoms with E-state index >= 15 is 0 Å². The van der Waals surface area contributed by atoms with Crippen LogP contribution in [-0.4, -0.2) is 30.0 Å². The van der Waals surface area contributed by atoms with Gasteiger partial charge in [0.05, 0.1) is 18.2 Å².